The molecule has 0 bridgehead atoms. The Morgan fingerprint density at radius 2 is 2.00 bits per heavy atom. The summed E-state index contributed by atoms with van der Waals surface area (Å²) in [4.78, 5) is 0. The van der Waals surface area contributed by atoms with Gasteiger partial charge in [0.05, 0.1) is 6.61 Å². The van der Waals surface area contributed by atoms with Crippen LogP contribution in [0.1, 0.15) is 24.4 Å². The number of aliphatic hydroxyl groups is 1. The molecule has 1 unspecified atom stereocenters. The average molecular weight is 286 g/mol. The lowest BCUT2D eigenvalue weighted by molar-refractivity contribution is 0.191. The highest BCUT2D eigenvalue weighted by molar-refractivity contribution is 5.78. The third-order valence-corrected chi connectivity index (χ3v) is 3.27. The first-order chi connectivity index (χ1) is 10.2. The van der Waals surface area contributed by atoms with Crippen LogP contribution in [0.15, 0.2) is 52.9 Å². The molecule has 1 N–H and O–H groups in total. The molecule has 0 aliphatic rings. The van der Waals surface area contributed by atoms with Crippen molar-refractivity contribution in [3.05, 3.63) is 65.7 Å². The highest BCUT2D eigenvalue weighted by Gasteiger charge is 2.17. The van der Waals surface area contributed by atoms with Crippen LogP contribution < -0.4 is 4.74 Å². The Kier molecular flexibility index (Phi) is 3.62. The van der Waals surface area contributed by atoms with E-state index in [0.717, 1.165) is 0 Å². The normalized spacial score (nSPS) is 12.5. The van der Waals surface area contributed by atoms with Crippen LogP contribution in [0.5, 0.6) is 5.75 Å². The van der Waals surface area contributed by atoms with Crippen LogP contribution in [0.2, 0.25) is 0 Å². The minimum absolute atomic E-state index is 0.160. The number of aliphatic hydroxyl groups excluding tert-OH is 1. The van der Waals surface area contributed by atoms with Crippen LogP contribution in [0.4, 0.5) is 4.39 Å². The lowest BCUT2D eigenvalue weighted by Crippen LogP contribution is -1.99. The third-order valence-electron chi connectivity index (χ3n) is 3.27. The SMILES string of the molecule is CCOc1cccc(C(O)c2cc3cccc(F)c3o2)c1. The van der Waals surface area contributed by atoms with Crippen molar-refractivity contribution in [3.8, 4) is 5.75 Å². The van der Waals surface area contributed by atoms with Crippen molar-refractivity contribution in [2.24, 2.45) is 0 Å². The van der Waals surface area contributed by atoms with Gasteiger partial charge in [0.1, 0.15) is 17.6 Å². The molecular formula is C17H15FO3. The fraction of sp³-hybridized carbons (Fsp3) is 0.176. The van der Waals surface area contributed by atoms with Crippen molar-refractivity contribution in [3.63, 3.8) is 0 Å². The van der Waals surface area contributed by atoms with E-state index in [0.29, 0.717) is 29.1 Å². The monoisotopic (exact) mass is 286 g/mol. The minimum Gasteiger partial charge on any atom is -0.494 e. The van der Waals surface area contributed by atoms with Gasteiger partial charge < -0.3 is 14.3 Å². The van der Waals surface area contributed by atoms with Crippen molar-refractivity contribution < 1.29 is 18.7 Å². The van der Waals surface area contributed by atoms with E-state index in [4.69, 9.17) is 9.15 Å². The van der Waals surface area contributed by atoms with E-state index in [-0.39, 0.29) is 5.58 Å². The first kappa shape index (κ1) is 13.6. The topological polar surface area (TPSA) is 42.6 Å². The van der Waals surface area contributed by atoms with E-state index in [1.807, 2.05) is 13.0 Å². The molecule has 3 aromatic rings. The summed E-state index contributed by atoms with van der Waals surface area (Å²) in [5.74, 6) is 0.550. The maximum absolute atomic E-state index is 13.6. The predicted octanol–water partition coefficient (Wildman–Crippen LogP) is 4.05. The van der Waals surface area contributed by atoms with Gasteiger partial charge in [-0.2, -0.15) is 0 Å². The number of hydrogen-bond acceptors (Lipinski definition) is 3. The van der Waals surface area contributed by atoms with Gasteiger partial charge in [-0.3, -0.25) is 0 Å². The predicted molar refractivity (Wildman–Crippen MR) is 77.8 cm³/mol. The fourth-order valence-corrected chi connectivity index (χ4v) is 2.29. The zero-order chi connectivity index (χ0) is 14.8. The zero-order valence-corrected chi connectivity index (χ0v) is 11.5. The van der Waals surface area contributed by atoms with Crippen molar-refractivity contribution >= 4 is 11.0 Å². The molecule has 0 fully saturated rings. The van der Waals surface area contributed by atoms with Crippen molar-refractivity contribution in [2.45, 2.75) is 13.0 Å². The molecule has 1 atom stereocenters. The molecule has 2 aromatic carbocycles. The maximum atomic E-state index is 13.6. The maximum Gasteiger partial charge on any atom is 0.170 e. The first-order valence-electron chi connectivity index (χ1n) is 6.78. The van der Waals surface area contributed by atoms with Gasteiger partial charge in [0, 0.05) is 5.39 Å². The molecule has 108 valence electrons. The van der Waals surface area contributed by atoms with Crippen LogP contribution in [0.25, 0.3) is 11.0 Å². The molecule has 1 heterocycles. The Morgan fingerprint density at radius 3 is 2.76 bits per heavy atom. The number of halogens is 1. The second kappa shape index (κ2) is 5.58. The largest absolute Gasteiger partial charge is 0.494 e. The van der Waals surface area contributed by atoms with Crippen LogP contribution in [-0.2, 0) is 0 Å². The number of hydrogen-bond donors (Lipinski definition) is 1. The van der Waals surface area contributed by atoms with E-state index in [2.05, 4.69) is 0 Å². The molecule has 21 heavy (non-hydrogen) atoms. The molecule has 0 aliphatic heterocycles. The summed E-state index contributed by atoms with van der Waals surface area (Å²) >= 11 is 0. The smallest absolute Gasteiger partial charge is 0.170 e. The van der Waals surface area contributed by atoms with Crippen LogP contribution in [0, 0.1) is 5.82 Å². The first-order valence-corrected chi connectivity index (χ1v) is 6.78. The van der Waals surface area contributed by atoms with E-state index < -0.39 is 11.9 Å². The standard InChI is InChI=1S/C17H15FO3/c1-2-20-13-7-3-5-11(9-13)16(19)15-10-12-6-4-8-14(18)17(12)21-15/h3-10,16,19H,2H2,1H3. The van der Waals surface area contributed by atoms with E-state index >= 15 is 0 Å². The summed E-state index contributed by atoms with van der Waals surface area (Å²) < 4.78 is 24.5. The minimum atomic E-state index is -0.961. The molecule has 0 saturated carbocycles. The molecule has 0 aliphatic carbocycles. The van der Waals surface area contributed by atoms with Gasteiger partial charge >= 0.3 is 0 Å². The van der Waals surface area contributed by atoms with Gasteiger partial charge in [-0.15, -0.1) is 0 Å². The van der Waals surface area contributed by atoms with Gasteiger partial charge in [0.2, 0.25) is 0 Å². The number of furan rings is 1. The van der Waals surface area contributed by atoms with Crippen molar-refractivity contribution in [1.29, 1.82) is 0 Å². The lowest BCUT2D eigenvalue weighted by atomic mass is 10.1. The Hall–Kier alpha value is -2.33. The summed E-state index contributed by atoms with van der Waals surface area (Å²) in [7, 11) is 0. The van der Waals surface area contributed by atoms with Crippen molar-refractivity contribution in [1.82, 2.24) is 0 Å². The lowest BCUT2D eigenvalue weighted by Gasteiger charge is -2.10. The number of benzene rings is 2. The van der Waals surface area contributed by atoms with Gasteiger partial charge in [-0.1, -0.05) is 24.3 Å². The molecule has 3 rings (SSSR count). The Morgan fingerprint density at radius 1 is 1.19 bits per heavy atom. The molecule has 1 aromatic heterocycles. The summed E-state index contributed by atoms with van der Waals surface area (Å²) in [6.45, 7) is 2.44. The molecule has 0 saturated heterocycles. The summed E-state index contributed by atoms with van der Waals surface area (Å²) in [5.41, 5.74) is 0.799. The molecular weight excluding hydrogens is 271 g/mol. The van der Waals surface area contributed by atoms with Gasteiger partial charge in [-0.25, -0.2) is 4.39 Å². The fourth-order valence-electron chi connectivity index (χ4n) is 2.29. The zero-order valence-electron chi connectivity index (χ0n) is 11.5. The summed E-state index contributed by atoms with van der Waals surface area (Å²) in [6.07, 6.45) is -0.961. The highest BCUT2D eigenvalue weighted by atomic mass is 19.1. The molecule has 4 heteroatoms. The summed E-state index contributed by atoms with van der Waals surface area (Å²) in [6, 6.07) is 13.5. The van der Waals surface area contributed by atoms with Gasteiger partial charge in [0.25, 0.3) is 0 Å². The van der Waals surface area contributed by atoms with Crippen LogP contribution in [-0.4, -0.2) is 11.7 Å². The van der Waals surface area contributed by atoms with Crippen LogP contribution in [0.3, 0.4) is 0 Å². The number of para-hydroxylation sites is 1. The third kappa shape index (κ3) is 2.62. The Bertz CT molecular complexity index is 764. The van der Waals surface area contributed by atoms with E-state index in [1.54, 1.807) is 36.4 Å². The molecule has 3 nitrogen and oxygen atoms in total. The average Bonchev–Trinajstić information content (AvgIpc) is 2.93. The number of fused-ring (bicyclic) bond motifs is 1. The Labute approximate surface area is 121 Å². The number of rotatable bonds is 4. The number of ether oxygens (including phenoxy) is 1. The molecule has 0 amide bonds. The highest BCUT2D eigenvalue weighted by Crippen LogP contribution is 2.30. The second-order valence-corrected chi connectivity index (χ2v) is 4.71. The second-order valence-electron chi connectivity index (χ2n) is 4.71. The van der Waals surface area contributed by atoms with Crippen molar-refractivity contribution in [2.75, 3.05) is 6.61 Å². The van der Waals surface area contributed by atoms with Gasteiger partial charge in [0.15, 0.2) is 11.4 Å². The van der Waals surface area contributed by atoms with Crippen LogP contribution >= 0.6 is 0 Å². The molecule has 0 radical (unpaired) electrons. The quantitative estimate of drug-likeness (QED) is 0.786. The van der Waals surface area contributed by atoms with E-state index in [9.17, 15) is 9.50 Å². The van der Waals surface area contributed by atoms with E-state index in [1.165, 1.54) is 6.07 Å². The molecule has 0 spiro atoms. The summed E-state index contributed by atoms with van der Waals surface area (Å²) in [5, 5.41) is 11.0. The Balaban J connectivity index is 1.98. The van der Waals surface area contributed by atoms with Gasteiger partial charge in [-0.05, 0) is 36.8 Å².